The molecule has 0 amide bonds. The van der Waals surface area contributed by atoms with Gasteiger partial charge in [0.05, 0.1) is 17.9 Å². The molecule has 56 heavy (non-hydrogen) atoms. The van der Waals surface area contributed by atoms with Gasteiger partial charge in [-0.25, -0.2) is 15.0 Å². The van der Waals surface area contributed by atoms with Crippen LogP contribution in [0.5, 0.6) is 0 Å². The summed E-state index contributed by atoms with van der Waals surface area (Å²) in [6.45, 7) is 0. The average Bonchev–Trinajstić information content (AvgIpc) is 3.83. The van der Waals surface area contributed by atoms with E-state index in [9.17, 15) is 8.42 Å². The van der Waals surface area contributed by atoms with Crippen LogP contribution in [0, 0.1) is 0 Å². The second-order valence-electron chi connectivity index (χ2n) is 10.7. The Labute approximate surface area is 332 Å². The van der Waals surface area contributed by atoms with Crippen molar-refractivity contribution < 1.29 is 55.3 Å². The molecule has 2 aliphatic rings. The van der Waals surface area contributed by atoms with E-state index in [1.165, 1.54) is 0 Å². The molecule has 0 aliphatic carbocycles. The fourth-order valence-electron chi connectivity index (χ4n) is 5.33. The number of hydrogen-bond donors (Lipinski definition) is 1. The number of benzene rings is 3. The molecule has 4 aromatic heterocycles. The average molecular weight is 865 g/mol. The van der Waals surface area contributed by atoms with Crippen molar-refractivity contribution in [1.29, 1.82) is 0 Å². The van der Waals surface area contributed by atoms with Crippen LogP contribution in [0.4, 0.5) is 0 Å². The summed E-state index contributed by atoms with van der Waals surface area (Å²) < 4.78 is 76.5. The standard InChI is InChI=1S/C31H15N9.CH4O3S.2CH4.Cu.2O3S/c1-2-9-17-16(8-1)24-33-25(17)35-27-20-12-5-6-13-21(20)29(37-27)39-31-23-22(14-7-15-32-23)30(40-31)38-28-19-11-4-3-10-18(19)26(34-24)36-28;1-5(2,3)4;;;;2*1-4(2)3/h1-15H;1H3,(H,2,3,4);2*1H4;;;/q-2;;;;+2;;. The minimum atomic E-state index is -3.67. The third-order valence-electron chi connectivity index (χ3n) is 7.18. The van der Waals surface area contributed by atoms with Gasteiger partial charge in [-0.15, -0.1) is 25.3 Å². The Balaban J connectivity index is 0.000000463. The molecule has 0 unspecified atom stereocenters. The van der Waals surface area contributed by atoms with Gasteiger partial charge in [0.2, 0.25) is 0 Å². The first-order valence-corrected chi connectivity index (χ1v) is 18.5. The van der Waals surface area contributed by atoms with E-state index in [1.807, 2.05) is 84.9 Å². The zero-order chi connectivity index (χ0) is 37.9. The fraction of sp³-hybridized carbons (Fsp3) is 0.0882. The van der Waals surface area contributed by atoms with Crippen LogP contribution < -0.4 is 9.97 Å². The maximum atomic E-state index is 9.19. The molecule has 3 aromatic carbocycles. The van der Waals surface area contributed by atoms with E-state index in [0.29, 0.717) is 57.8 Å². The molecule has 8 bridgehead atoms. The fourth-order valence-corrected chi connectivity index (χ4v) is 5.33. The summed E-state index contributed by atoms with van der Waals surface area (Å²) in [6.07, 6.45) is 2.44. The number of aromatic nitrogens is 9. The molecule has 0 saturated heterocycles. The molecule has 9 rings (SSSR count). The van der Waals surface area contributed by atoms with Gasteiger partial charge in [-0.3, -0.25) is 9.54 Å². The summed E-state index contributed by atoms with van der Waals surface area (Å²) in [4.78, 5) is 43.6. The van der Waals surface area contributed by atoms with E-state index >= 15 is 0 Å². The predicted molar refractivity (Wildman–Crippen MR) is 202 cm³/mol. The molecule has 6 heterocycles. The second-order valence-corrected chi connectivity index (χ2v) is 12.9. The van der Waals surface area contributed by atoms with E-state index in [0.717, 1.165) is 38.2 Å². The molecule has 0 saturated carbocycles. The first-order chi connectivity index (χ1) is 25.3. The van der Waals surface area contributed by atoms with Crippen LogP contribution in [-0.2, 0) is 48.4 Å². The largest absolute Gasteiger partial charge is 2.00 e. The Bertz CT molecular complexity index is 2900. The third kappa shape index (κ3) is 10.1. The minimum absolute atomic E-state index is 0. The van der Waals surface area contributed by atoms with Gasteiger partial charge in [-0.2, -0.15) is 8.42 Å². The number of rotatable bonds is 0. The van der Waals surface area contributed by atoms with Gasteiger partial charge in [-0.1, -0.05) is 87.6 Å². The summed E-state index contributed by atoms with van der Waals surface area (Å²) in [5.74, 6) is 1.97. The second kappa shape index (κ2) is 18.4. The van der Waals surface area contributed by atoms with Crippen molar-refractivity contribution >= 4 is 75.5 Å². The maximum Gasteiger partial charge on any atom is 2.00 e. The normalized spacial score (nSPS) is 10.5. The van der Waals surface area contributed by atoms with Gasteiger partial charge in [0.1, 0.15) is 5.69 Å². The van der Waals surface area contributed by atoms with Crippen molar-refractivity contribution in [2.75, 3.05) is 6.26 Å². The van der Waals surface area contributed by atoms with Crippen molar-refractivity contribution in [3.8, 4) is 45.7 Å². The Morgan fingerprint density at radius 3 is 1.21 bits per heavy atom. The SMILES string of the molecule is C.C.CS(=O)(=O)O.O=S(=O)=O.O=S(=O)=O.[Cu+2].c1ccc2c(c1)-c1nc-2nc2[n-]c(nc3[n-]c(nc4nc(n1)-c1ncccc1-4)c1ccccc31)c1ccccc21. The molecule has 1 N–H and O–H groups in total. The summed E-state index contributed by atoms with van der Waals surface area (Å²) in [5.41, 5.74) is 5.31. The summed E-state index contributed by atoms with van der Waals surface area (Å²) >= 11 is 0. The van der Waals surface area contributed by atoms with E-state index in [-0.39, 0.29) is 31.9 Å². The Hall–Kier alpha value is -6.16. The van der Waals surface area contributed by atoms with Crippen LogP contribution >= 0.6 is 0 Å². The number of nitrogens with zero attached hydrogens (tertiary/aromatic N) is 9. The van der Waals surface area contributed by atoms with E-state index in [4.69, 9.17) is 69.7 Å². The monoisotopic (exact) mass is 864 g/mol. The molecule has 22 heteroatoms. The van der Waals surface area contributed by atoms with E-state index < -0.39 is 31.3 Å². The molecule has 1 radical (unpaired) electrons. The van der Waals surface area contributed by atoms with Crippen LogP contribution in [0.1, 0.15) is 14.9 Å². The number of hydrogen-bond acceptors (Lipinski definition) is 15. The quantitative estimate of drug-likeness (QED) is 0.164. The smallest absolute Gasteiger partial charge is 0.357 e. The summed E-state index contributed by atoms with van der Waals surface area (Å²) in [5, 5.41) is 3.52. The zero-order valence-corrected chi connectivity index (χ0v) is 30.3. The van der Waals surface area contributed by atoms with Gasteiger partial charge in [-0.05, 0) is 33.7 Å². The molecule has 0 spiro atoms. The molecule has 2 aliphatic heterocycles. The first-order valence-electron chi connectivity index (χ1n) is 14.7. The van der Waals surface area contributed by atoms with Crippen molar-refractivity contribution in [1.82, 2.24) is 44.9 Å². The van der Waals surface area contributed by atoms with Gasteiger partial charge < -0.3 is 24.9 Å². The van der Waals surface area contributed by atoms with Gasteiger partial charge >= 0.3 is 38.3 Å². The molecular formula is C34H27CuN9O9S3. The minimum Gasteiger partial charge on any atom is -0.357 e. The van der Waals surface area contributed by atoms with Crippen LogP contribution in [0.25, 0.3) is 89.8 Å². The topological polar surface area (TPSA) is 275 Å². The number of pyridine rings is 1. The van der Waals surface area contributed by atoms with Gasteiger partial charge in [0.15, 0.2) is 11.6 Å². The first kappa shape index (κ1) is 44.2. The van der Waals surface area contributed by atoms with E-state index in [1.54, 1.807) is 6.20 Å². The Kier molecular flexibility index (Phi) is 14.6. The van der Waals surface area contributed by atoms with Gasteiger partial charge in [0.25, 0.3) is 10.1 Å². The van der Waals surface area contributed by atoms with E-state index in [2.05, 4.69) is 4.98 Å². The van der Waals surface area contributed by atoms with Crippen LogP contribution in [-0.4, -0.2) is 79.4 Å². The van der Waals surface area contributed by atoms with Crippen molar-refractivity contribution in [2.45, 2.75) is 14.9 Å². The van der Waals surface area contributed by atoms with Crippen LogP contribution in [0.2, 0.25) is 0 Å². The number of fused-ring (bicyclic) bond motifs is 20. The zero-order valence-electron chi connectivity index (χ0n) is 26.9. The summed E-state index contributed by atoms with van der Waals surface area (Å²) in [6, 6.07) is 27.5. The molecule has 7 aromatic rings. The van der Waals surface area contributed by atoms with Crippen molar-refractivity contribution in [3.05, 3.63) is 91.1 Å². The van der Waals surface area contributed by atoms with Crippen LogP contribution in [0.15, 0.2) is 91.1 Å². The molecule has 0 fully saturated rings. The summed E-state index contributed by atoms with van der Waals surface area (Å²) in [7, 11) is -9.89. The van der Waals surface area contributed by atoms with Crippen molar-refractivity contribution in [2.24, 2.45) is 0 Å². The molecule has 291 valence electrons. The molecule has 18 nitrogen and oxygen atoms in total. The molecular weight excluding hydrogens is 838 g/mol. The Morgan fingerprint density at radius 1 is 0.500 bits per heavy atom. The van der Waals surface area contributed by atoms with Crippen LogP contribution in [0.3, 0.4) is 0 Å². The maximum absolute atomic E-state index is 9.19. The Morgan fingerprint density at radius 2 is 0.804 bits per heavy atom. The molecule has 0 atom stereocenters. The predicted octanol–water partition coefficient (Wildman–Crippen LogP) is 4.29. The van der Waals surface area contributed by atoms with Gasteiger partial charge in [0, 0.05) is 45.5 Å². The third-order valence-corrected chi connectivity index (χ3v) is 7.18. The van der Waals surface area contributed by atoms with Crippen molar-refractivity contribution in [3.63, 3.8) is 0 Å².